The molecule has 0 aliphatic carbocycles. The Labute approximate surface area is 212 Å². The number of hydrogen-bond acceptors (Lipinski definition) is 4. The average Bonchev–Trinajstić information content (AvgIpc) is 2.76. The molecule has 2 aromatic rings. The van der Waals surface area contributed by atoms with E-state index in [1.165, 1.54) is 23.1 Å². The van der Waals surface area contributed by atoms with Gasteiger partial charge in [0.1, 0.15) is 12.6 Å². The first kappa shape index (κ1) is 28.0. The molecule has 0 heterocycles. The lowest BCUT2D eigenvalue weighted by molar-refractivity contribution is -0.139. The Kier molecular flexibility index (Phi) is 10.2. The van der Waals surface area contributed by atoms with Crippen molar-refractivity contribution in [2.45, 2.75) is 45.7 Å². The fourth-order valence-corrected chi connectivity index (χ4v) is 4.68. The normalized spacial score (nSPS) is 13.1. The van der Waals surface area contributed by atoms with Crippen LogP contribution in [0.1, 0.15) is 32.8 Å². The van der Waals surface area contributed by atoms with Crippen LogP contribution in [0.25, 0.3) is 0 Å². The molecule has 0 aliphatic rings. The molecule has 0 fully saturated rings. The van der Waals surface area contributed by atoms with Gasteiger partial charge in [0.25, 0.3) is 0 Å². The molecular weight excluding hydrogens is 497 g/mol. The topological polar surface area (TPSA) is 86.8 Å². The molecule has 2 rings (SSSR count). The van der Waals surface area contributed by atoms with Crippen LogP contribution in [-0.2, 0) is 26.0 Å². The number of carbonyl (C=O) groups is 2. The zero-order valence-corrected chi connectivity index (χ0v) is 22.1. The monoisotopic (exact) mass is 527 g/mol. The fraction of sp³-hybridized carbons (Fsp3) is 0.417. The SMILES string of the molecule is CC[C@H](C)NC(=O)[C@H](C)N(CCc1ccccc1)C(=O)CN(c1cc(Cl)cc(Cl)c1)S(C)(=O)=O. The minimum absolute atomic E-state index is 0.0536. The molecule has 7 nitrogen and oxygen atoms in total. The van der Waals surface area contributed by atoms with Crippen LogP contribution in [0.15, 0.2) is 48.5 Å². The van der Waals surface area contributed by atoms with Gasteiger partial charge in [0, 0.05) is 22.6 Å². The third kappa shape index (κ3) is 8.18. The second kappa shape index (κ2) is 12.4. The summed E-state index contributed by atoms with van der Waals surface area (Å²) in [5.41, 5.74) is 1.17. The van der Waals surface area contributed by atoms with Crippen LogP contribution in [-0.4, -0.2) is 56.6 Å². The molecular formula is C24H31Cl2N3O4S. The van der Waals surface area contributed by atoms with Crippen molar-refractivity contribution in [3.05, 3.63) is 64.1 Å². The zero-order valence-electron chi connectivity index (χ0n) is 19.8. The predicted octanol–water partition coefficient (Wildman–Crippen LogP) is 4.13. The summed E-state index contributed by atoms with van der Waals surface area (Å²) < 4.78 is 26.1. The van der Waals surface area contributed by atoms with E-state index in [4.69, 9.17) is 23.2 Å². The summed E-state index contributed by atoms with van der Waals surface area (Å²) in [7, 11) is -3.85. The number of nitrogens with zero attached hydrogens (tertiary/aromatic N) is 2. The van der Waals surface area contributed by atoms with E-state index < -0.39 is 28.5 Å². The molecule has 0 saturated carbocycles. The van der Waals surface area contributed by atoms with Crippen LogP contribution < -0.4 is 9.62 Å². The summed E-state index contributed by atoms with van der Waals surface area (Å²) in [6.07, 6.45) is 2.26. The van der Waals surface area contributed by atoms with Gasteiger partial charge < -0.3 is 10.2 Å². The van der Waals surface area contributed by atoms with Gasteiger partial charge in [-0.1, -0.05) is 60.5 Å². The number of rotatable bonds is 11. The quantitative estimate of drug-likeness (QED) is 0.475. The fourth-order valence-electron chi connectivity index (χ4n) is 3.33. The maximum absolute atomic E-state index is 13.4. The van der Waals surface area contributed by atoms with E-state index in [0.29, 0.717) is 6.42 Å². The van der Waals surface area contributed by atoms with E-state index in [0.717, 1.165) is 22.5 Å². The van der Waals surface area contributed by atoms with Gasteiger partial charge in [-0.05, 0) is 50.5 Å². The average molecular weight is 529 g/mol. The second-order valence-electron chi connectivity index (χ2n) is 8.21. The van der Waals surface area contributed by atoms with Gasteiger partial charge in [-0.25, -0.2) is 8.42 Å². The van der Waals surface area contributed by atoms with Crippen molar-refractivity contribution in [3.63, 3.8) is 0 Å². The maximum atomic E-state index is 13.4. The number of benzene rings is 2. The van der Waals surface area contributed by atoms with Gasteiger partial charge >= 0.3 is 0 Å². The lowest BCUT2D eigenvalue weighted by Gasteiger charge is -2.32. The highest BCUT2D eigenvalue weighted by Crippen LogP contribution is 2.27. The summed E-state index contributed by atoms with van der Waals surface area (Å²) in [5, 5.41) is 3.38. The van der Waals surface area contributed by atoms with E-state index in [1.54, 1.807) is 6.92 Å². The number of halogens is 2. The molecule has 0 aliphatic heterocycles. The molecule has 186 valence electrons. The minimum Gasteiger partial charge on any atom is -0.352 e. The molecule has 0 radical (unpaired) electrons. The van der Waals surface area contributed by atoms with Crippen molar-refractivity contribution in [2.75, 3.05) is 23.7 Å². The number of amides is 2. The van der Waals surface area contributed by atoms with Crippen molar-refractivity contribution in [1.82, 2.24) is 10.2 Å². The van der Waals surface area contributed by atoms with E-state index in [1.807, 2.05) is 44.2 Å². The van der Waals surface area contributed by atoms with Crippen LogP contribution in [0.5, 0.6) is 0 Å². The third-order valence-corrected chi connectivity index (χ3v) is 7.04. The highest BCUT2D eigenvalue weighted by molar-refractivity contribution is 7.92. The van der Waals surface area contributed by atoms with Crippen LogP contribution in [0.4, 0.5) is 5.69 Å². The van der Waals surface area contributed by atoms with Crippen LogP contribution >= 0.6 is 23.2 Å². The van der Waals surface area contributed by atoms with Crippen molar-refractivity contribution in [3.8, 4) is 0 Å². The molecule has 0 spiro atoms. The molecule has 1 N–H and O–H groups in total. The lowest BCUT2D eigenvalue weighted by atomic mass is 10.1. The Morgan fingerprint density at radius 3 is 2.15 bits per heavy atom. The largest absolute Gasteiger partial charge is 0.352 e. The van der Waals surface area contributed by atoms with E-state index in [-0.39, 0.29) is 34.2 Å². The molecule has 10 heteroatoms. The molecule has 2 atom stereocenters. The Balaban J connectivity index is 2.34. The second-order valence-corrected chi connectivity index (χ2v) is 11.0. The number of carbonyl (C=O) groups excluding carboxylic acids is 2. The Morgan fingerprint density at radius 2 is 1.62 bits per heavy atom. The number of nitrogens with one attached hydrogen (secondary N) is 1. The summed E-state index contributed by atoms with van der Waals surface area (Å²) >= 11 is 12.1. The summed E-state index contributed by atoms with van der Waals surface area (Å²) in [5.74, 6) is -0.809. The minimum atomic E-state index is -3.85. The van der Waals surface area contributed by atoms with Crippen molar-refractivity contribution in [1.29, 1.82) is 0 Å². The number of anilines is 1. The molecule has 2 amide bonds. The van der Waals surface area contributed by atoms with Gasteiger partial charge in [0.15, 0.2) is 0 Å². The summed E-state index contributed by atoms with van der Waals surface area (Å²) in [6, 6.07) is 13.0. The summed E-state index contributed by atoms with van der Waals surface area (Å²) in [4.78, 5) is 27.7. The van der Waals surface area contributed by atoms with Gasteiger partial charge in [-0.2, -0.15) is 0 Å². The molecule has 2 aromatic carbocycles. The van der Waals surface area contributed by atoms with Crippen molar-refractivity contribution < 1.29 is 18.0 Å². The standard InChI is InChI=1S/C24H31Cl2N3O4S/c1-5-17(2)27-24(31)18(3)28(12-11-19-9-7-6-8-10-19)23(30)16-29(34(4,32)33)22-14-20(25)13-21(26)15-22/h6-10,13-15,17-18H,5,11-12,16H2,1-4H3,(H,27,31)/t17-,18-/m0/s1. The first-order chi connectivity index (χ1) is 15.9. The van der Waals surface area contributed by atoms with Crippen molar-refractivity contribution >= 4 is 50.7 Å². The highest BCUT2D eigenvalue weighted by atomic mass is 35.5. The van der Waals surface area contributed by atoms with Gasteiger partial charge in [-0.15, -0.1) is 0 Å². The Hall–Kier alpha value is -2.29. The number of sulfonamides is 1. The highest BCUT2D eigenvalue weighted by Gasteiger charge is 2.30. The molecule has 0 saturated heterocycles. The van der Waals surface area contributed by atoms with E-state index in [2.05, 4.69) is 5.32 Å². The van der Waals surface area contributed by atoms with E-state index in [9.17, 15) is 18.0 Å². The van der Waals surface area contributed by atoms with Gasteiger partial charge in [0.2, 0.25) is 21.8 Å². The molecule has 34 heavy (non-hydrogen) atoms. The first-order valence-electron chi connectivity index (χ1n) is 11.0. The van der Waals surface area contributed by atoms with E-state index >= 15 is 0 Å². The molecule has 0 bridgehead atoms. The smallest absolute Gasteiger partial charge is 0.244 e. The zero-order chi connectivity index (χ0) is 25.5. The van der Waals surface area contributed by atoms with Crippen LogP contribution in [0, 0.1) is 0 Å². The molecule has 0 aromatic heterocycles. The third-order valence-electron chi connectivity index (χ3n) is 5.47. The Bertz CT molecular complexity index is 1080. The van der Waals surface area contributed by atoms with Crippen LogP contribution in [0.3, 0.4) is 0 Å². The lowest BCUT2D eigenvalue weighted by Crippen LogP contribution is -2.53. The van der Waals surface area contributed by atoms with Crippen LogP contribution in [0.2, 0.25) is 10.0 Å². The van der Waals surface area contributed by atoms with Crippen molar-refractivity contribution in [2.24, 2.45) is 0 Å². The Morgan fingerprint density at radius 1 is 1.03 bits per heavy atom. The number of hydrogen-bond donors (Lipinski definition) is 1. The first-order valence-corrected chi connectivity index (χ1v) is 13.6. The van der Waals surface area contributed by atoms with Gasteiger partial charge in [0.05, 0.1) is 11.9 Å². The van der Waals surface area contributed by atoms with Gasteiger partial charge in [-0.3, -0.25) is 13.9 Å². The predicted molar refractivity (Wildman–Crippen MR) is 138 cm³/mol. The summed E-state index contributed by atoms with van der Waals surface area (Å²) in [6.45, 7) is 5.22. The maximum Gasteiger partial charge on any atom is 0.244 e. The molecule has 0 unspecified atom stereocenters.